The Labute approximate surface area is 105 Å². The Hall–Kier alpha value is -1.43. The smallest absolute Gasteiger partial charge is 0.244 e. The van der Waals surface area contributed by atoms with E-state index in [1.165, 1.54) is 7.05 Å². The first kappa shape index (κ1) is 7.78. The molecule has 1 aromatic carbocycles. The number of halogens is 1. The highest BCUT2D eigenvalue weighted by Gasteiger charge is 2.11. The lowest BCUT2D eigenvalue weighted by Crippen LogP contribution is -2.22. The first-order valence-electron chi connectivity index (χ1n) is 6.02. The third-order valence-corrected chi connectivity index (χ3v) is 3.08. The second kappa shape index (κ2) is 3.86. The molecule has 6 heteroatoms. The summed E-state index contributed by atoms with van der Waals surface area (Å²) in [5.74, 6) is 0. The molecule has 84 valence electrons. The van der Waals surface area contributed by atoms with Crippen molar-refractivity contribution in [1.29, 1.82) is 0 Å². The molecule has 16 heavy (non-hydrogen) atoms. The van der Waals surface area contributed by atoms with Crippen LogP contribution in [0, 0.1) is 13.8 Å². The van der Waals surface area contributed by atoms with Crippen molar-refractivity contribution in [2.45, 2.75) is 13.8 Å². The zero-order valence-electron chi connectivity index (χ0n) is 11.7. The lowest BCUT2D eigenvalue weighted by Gasteiger charge is -2.07. The third-order valence-electron chi connectivity index (χ3n) is 2.28. The minimum atomic E-state index is -2.27. The van der Waals surface area contributed by atoms with Crippen LogP contribution in [0.3, 0.4) is 0 Å². The Morgan fingerprint density at radius 3 is 2.75 bits per heavy atom. The predicted molar refractivity (Wildman–Crippen MR) is 63.8 cm³/mol. The number of benzene rings is 1. The summed E-state index contributed by atoms with van der Waals surface area (Å²) >= 11 is 3.25. The summed E-state index contributed by atoms with van der Waals surface area (Å²) in [7, 11) is 1.47. The van der Waals surface area contributed by atoms with Gasteiger partial charge in [0.1, 0.15) is 0 Å². The molecule has 0 fully saturated rings. The summed E-state index contributed by atoms with van der Waals surface area (Å²) < 4.78 is 25.1. The maximum absolute atomic E-state index is 11.8. The van der Waals surface area contributed by atoms with Gasteiger partial charge in [-0.05, 0) is 57.3 Å². The summed E-state index contributed by atoms with van der Waals surface area (Å²) in [6, 6.07) is 3.27. The number of tetrazole rings is 1. The molecule has 0 radical (unpaired) electrons. The Morgan fingerprint density at radius 1 is 1.44 bits per heavy atom. The SMILES string of the molecule is [2H]C([2H])([2H])c1c(C)ccc(-n2nnn(C)c2=O)c1Br. The predicted octanol–water partition coefficient (Wildman–Crippen LogP) is 1.35. The van der Waals surface area contributed by atoms with Crippen molar-refractivity contribution in [3.05, 3.63) is 38.2 Å². The maximum Gasteiger partial charge on any atom is 0.368 e. The molecule has 0 atom stereocenters. The molecular formula is C10H11BrN4O. The van der Waals surface area contributed by atoms with E-state index in [0.29, 0.717) is 15.7 Å². The van der Waals surface area contributed by atoms with Gasteiger partial charge in [0.25, 0.3) is 0 Å². The van der Waals surface area contributed by atoms with Crippen LogP contribution in [0.1, 0.15) is 15.2 Å². The van der Waals surface area contributed by atoms with Crippen LogP contribution in [0.15, 0.2) is 21.4 Å². The molecule has 0 aliphatic carbocycles. The maximum atomic E-state index is 11.8. The third kappa shape index (κ3) is 1.59. The molecule has 2 rings (SSSR count). The van der Waals surface area contributed by atoms with Crippen molar-refractivity contribution in [3.8, 4) is 5.69 Å². The zero-order chi connectivity index (χ0) is 14.4. The Bertz CT molecular complexity index is 689. The van der Waals surface area contributed by atoms with Gasteiger partial charge in [-0.25, -0.2) is 4.79 Å². The van der Waals surface area contributed by atoms with Crippen molar-refractivity contribution in [1.82, 2.24) is 19.8 Å². The van der Waals surface area contributed by atoms with E-state index in [2.05, 4.69) is 26.4 Å². The Kier molecular flexibility index (Phi) is 1.88. The van der Waals surface area contributed by atoms with E-state index in [-0.39, 0.29) is 5.56 Å². The van der Waals surface area contributed by atoms with Crippen molar-refractivity contribution < 1.29 is 4.11 Å². The fourth-order valence-electron chi connectivity index (χ4n) is 1.29. The molecule has 1 aromatic heterocycles. The van der Waals surface area contributed by atoms with Crippen LogP contribution >= 0.6 is 15.9 Å². The van der Waals surface area contributed by atoms with Crippen LogP contribution in [0.2, 0.25) is 0 Å². The van der Waals surface area contributed by atoms with Crippen molar-refractivity contribution in [2.75, 3.05) is 0 Å². The minimum Gasteiger partial charge on any atom is -0.244 e. The number of hydrogen-bond donors (Lipinski definition) is 0. The van der Waals surface area contributed by atoms with Gasteiger partial charge in [0.05, 0.1) is 5.69 Å². The lowest BCUT2D eigenvalue weighted by atomic mass is 10.1. The second-order valence-electron chi connectivity index (χ2n) is 3.39. The summed E-state index contributed by atoms with van der Waals surface area (Å²) in [5, 5.41) is 7.31. The van der Waals surface area contributed by atoms with Crippen LogP contribution < -0.4 is 5.69 Å². The first-order chi connectivity index (χ1) is 8.73. The average Bonchev–Trinajstić information content (AvgIpc) is 2.59. The molecule has 0 N–H and O–H groups in total. The fraction of sp³-hybridized carbons (Fsp3) is 0.300. The summed E-state index contributed by atoms with van der Waals surface area (Å²) in [6.45, 7) is -0.569. The quantitative estimate of drug-likeness (QED) is 0.795. The number of rotatable bonds is 1. The first-order valence-corrected chi connectivity index (χ1v) is 5.31. The average molecular weight is 286 g/mol. The molecule has 1 heterocycles. The van der Waals surface area contributed by atoms with Gasteiger partial charge >= 0.3 is 5.69 Å². The Balaban J connectivity index is 2.75. The molecule has 0 bridgehead atoms. The molecule has 0 unspecified atom stereocenters. The van der Waals surface area contributed by atoms with Gasteiger partial charge in [-0.2, -0.15) is 9.36 Å². The van der Waals surface area contributed by atoms with E-state index in [4.69, 9.17) is 4.11 Å². The highest BCUT2D eigenvalue weighted by molar-refractivity contribution is 9.10. The van der Waals surface area contributed by atoms with Crippen molar-refractivity contribution >= 4 is 15.9 Å². The van der Waals surface area contributed by atoms with Crippen molar-refractivity contribution in [2.24, 2.45) is 7.05 Å². The largest absolute Gasteiger partial charge is 0.368 e. The van der Waals surface area contributed by atoms with E-state index in [1.807, 2.05) is 0 Å². The van der Waals surface area contributed by atoms with E-state index < -0.39 is 12.5 Å². The van der Waals surface area contributed by atoms with Gasteiger partial charge in [-0.1, -0.05) is 6.07 Å². The number of nitrogens with zero attached hydrogens (tertiary/aromatic N) is 4. The van der Waals surface area contributed by atoms with Gasteiger partial charge in [0.2, 0.25) is 0 Å². The normalized spacial score (nSPS) is 14.3. The molecule has 0 spiro atoms. The number of aryl methyl sites for hydroxylation is 2. The van der Waals surface area contributed by atoms with E-state index in [0.717, 1.165) is 9.36 Å². The van der Waals surface area contributed by atoms with Gasteiger partial charge in [-0.15, -0.1) is 0 Å². The van der Waals surface area contributed by atoms with Crippen LogP contribution in [-0.2, 0) is 7.05 Å². The Morgan fingerprint density at radius 2 is 2.19 bits per heavy atom. The number of aromatic nitrogens is 4. The van der Waals surface area contributed by atoms with Crippen LogP contribution in [0.5, 0.6) is 0 Å². The van der Waals surface area contributed by atoms with Gasteiger partial charge in [0, 0.05) is 15.6 Å². The molecule has 0 aliphatic heterocycles. The zero-order valence-corrected chi connectivity index (χ0v) is 10.3. The molecule has 0 saturated heterocycles. The van der Waals surface area contributed by atoms with E-state index in [1.54, 1.807) is 19.1 Å². The topological polar surface area (TPSA) is 52.7 Å². The second-order valence-corrected chi connectivity index (χ2v) is 4.18. The molecule has 5 nitrogen and oxygen atoms in total. The number of hydrogen-bond acceptors (Lipinski definition) is 3. The van der Waals surface area contributed by atoms with Gasteiger partial charge in [-0.3, -0.25) is 0 Å². The molecule has 0 aliphatic rings. The minimum absolute atomic E-state index is 0.169. The molecular weight excluding hydrogens is 272 g/mol. The highest BCUT2D eigenvalue weighted by atomic mass is 79.9. The van der Waals surface area contributed by atoms with Crippen LogP contribution in [0.4, 0.5) is 0 Å². The monoisotopic (exact) mass is 285 g/mol. The fourth-order valence-corrected chi connectivity index (χ4v) is 1.90. The lowest BCUT2D eigenvalue weighted by molar-refractivity contribution is 0.692. The van der Waals surface area contributed by atoms with E-state index >= 15 is 0 Å². The van der Waals surface area contributed by atoms with Gasteiger partial charge < -0.3 is 0 Å². The van der Waals surface area contributed by atoms with Crippen LogP contribution in [0.25, 0.3) is 5.69 Å². The summed E-state index contributed by atoms with van der Waals surface area (Å²) in [4.78, 5) is 11.8. The molecule has 0 amide bonds. The summed E-state index contributed by atoms with van der Waals surface area (Å²) in [6.07, 6.45) is 0. The molecule has 2 aromatic rings. The van der Waals surface area contributed by atoms with Crippen molar-refractivity contribution in [3.63, 3.8) is 0 Å². The summed E-state index contributed by atoms with van der Waals surface area (Å²) in [5.41, 5.74) is 0.700. The van der Waals surface area contributed by atoms with Gasteiger partial charge in [0.15, 0.2) is 0 Å². The standard InChI is InChI=1S/C10H11BrN4O/c1-6-4-5-8(9(11)7(6)2)15-10(16)14(3)12-13-15/h4-5H,1-3H3/i2D3. The molecule has 0 saturated carbocycles. The highest BCUT2D eigenvalue weighted by Crippen LogP contribution is 2.25. The van der Waals surface area contributed by atoms with E-state index in [9.17, 15) is 4.79 Å². The van der Waals surface area contributed by atoms with Crippen LogP contribution in [-0.4, -0.2) is 19.8 Å².